The minimum atomic E-state index is -0.599. The van der Waals surface area contributed by atoms with Crippen molar-refractivity contribution in [1.29, 1.82) is 0 Å². The van der Waals surface area contributed by atoms with Crippen molar-refractivity contribution in [1.82, 2.24) is 5.32 Å². The molecule has 0 unspecified atom stereocenters. The summed E-state index contributed by atoms with van der Waals surface area (Å²) in [6.45, 7) is 2.25. The predicted molar refractivity (Wildman–Crippen MR) is 80.5 cm³/mol. The Morgan fingerprint density at radius 1 is 1.29 bits per heavy atom. The Hall–Kier alpha value is -2.40. The minimum absolute atomic E-state index is 0.0415. The monoisotopic (exact) mass is 304 g/mol. The molecular formula is C15H13ClN2O3. The number of nitro groups is 1. The highest BCUT2D eigenvalue weighted by Gasteiger charge is 2.20. The summed E-state index contributed by atoms with van der Waals surface area (Å²) >= 11 is 5.80. The quantitative estimate of drug-likeness (QED) is 0.694. The molecule has 0 saturated carbocycles. The number of halogens is 1. The van der Waals surface area contributed by atoms with Gasteiger partial charge in [0.15, 0.2) is 0 Å². The fourth-order valence-corrected chi connectivity index (χ4v) is 2.12. The van der Waals surface area contributed by atoms with Gasteiger partial charge in [-0.3, -0.25) is 14.9 Å². The number of hydrogen-bond acceptors (Lipinski definition) is 3. The number of nitrogens with zero attached hydrogens (tertiary/aromatic N) is 1. The molecule has 0 aliphatic heterocycles. The van der Waals surface area contributed by atoms with Crippen LogP contribution in [0.15, 0.2) is 42.5 Å². The second-order valence-electron chi connectivity index (χ2n) is 4.59. The third-order valence-corrected chi connectivity index (χ3v) is 3.17. The molecule has 1 amide bonds. The van der Waals surface area contributed by atoms with Gasteiger partial charge in [0.25, 0.3) is 11.6 Å². The van der Waals surface area contributed by atoms with Crippen molar-refractivity contribution in [3.63, 3.8) is 0 Å². The van der Waals surface area contributed by atoms with Crippen molar-refractivity contribution >= 4 is 23.2 Å². The molecule has 108 valence electrons. The number of carbonyl (C=O) groups excluding carboxylic acids is 1. The summed E-state index contributed by atoms with van der Waals surface area (Å²) in [5.41, 5.74) is 1.70. The van der Waals surface area contributed by atoms with Gasteiger partial charge in [-0.1, -0.05) is 41.4 Å². The highest BCUT2D eigenvalue weighted by atomic mass is 35.5. The Balaban J connectivity index is 2.17. The first kappa shape index (κ1) is 15.0. The number of aryl methyl sites for hydroxylation is 1. The van der Waals surface area contributed by atoms with Crippen LogP contribution in [0.1, 0.15) is 21.5 Å². The predicted octanol–water partition coefficient (Wildman–Crippen LogP) is 3.49. The van der Waals surface area contributed by atoms with Gasteiger partial charge in [0.1, 0.15) is 5.56 Å². The standard InChI is InChI=1S/C15H13ClN2O3/c1-10-3-2-4-11(7-10)9-17-15(19)13-8-12(16)5-6-14(13)18(20)21/h2-8H,9H2,1H3,(H,17,19). The molecule has 2 aromatic carbocycles. The van der Waals surface area contributed by atoms with Crippen molar-refractivity contribution in [3.05, 3.63) is 74.3 Å². The fraction of sp³-hybridized carbons (Fsp3) is 0.133. The first-order valence-corrected chi connectivity index (χ1v) is 6.63. The maximum atomic E-state index is 12.1. The molecule has 5 nitrogen and oxygen atoms in total. The van der Waals surface area contributed by atoms with Gasteiger partial charge in [-0.05, 0) is 24.6 Å². The van der Waals surface area contributed by atoms with Gasteiger partial charge in [-0.25, -0.2) is 0 Å². The molecule has 0 saturated heterocycles. The molecule has 0 atom stereocenters. The molecule has 2 aromatic rings. The van der Waals surface area contributed by atoms with Crippen molar-refractivity contribution in [2.24, 2.45) is 0 Å². The van der Waals surface area contributed by atoms with Gasteiger partial charge < -0.3 is 5.32 Å². The Morgan fingerprint density at radius 3 is 2.71 bits per heavy atom. The second-order valence-corrected chi connectivity index (χ2v) is 5.03. The number of hydrogen-bond donors (Lipinski definition) is 1. The molecule has 0 aliphatic rings. The van der Waals surface area contributed by atoms with Crippen LogP contribution in [-0.4, -0.2) is 10.8 Å². The minimum Gasteiger partial charge on any atom is -0.348 e. The Labute approximate surface area is 126 Å². The lowest BCUT2D eigenvalue weighted by Crippen LogP contribution is -2.23. The van der Waals surface area contributed by atoms with Gasteiger partial charge in [0.2, 0.25) is 0 Å². The molecule has 0 spiro atoms. The number of carbonyl (C=O) groups is 1. The summed E-state index contributed by atoms with van der Waals surface area (Å²) in [5, 5.41) is 13.9. The van der Waals surface area contributed by atoms with Gasteiger partial charge in [-0.15, -0.1) is 0 Å². The number of benzene rings is 2. The van der Waals surface area contributed by atoms with Gasteiger partial charge in [0, 0.05) is 17.6 Å². The van der Waals surface area contributed by atoms with E-state index in [0.717, 1.165) is 11.1 Å². The summed E-state index contributed by atoms with van der Waals surface area (Å²) in [7, 11) is 0. The van der Waals surface area contributed by atoms with Crippen LogP contribution >= 0.6 is 11.6 Å². The molecular weight excluding hydrogens is 292 g/mol. The SMILES string of the molecule is Cc1cccc(CNC(=O)c2cc(Cl)ccc2[N+](=O)[O-])c1. The van der Waals surface area contributed by atoms with Gasteiger partial charge >= 0.3 is 0 Å². The Bertz CT molecular complexity index is 701. The van der Waals surface area contributed by atoms with Crippen LogP contribution in [0.2, 0.25) is 5.02 Å². The molecule has 0 radical (unpaired) electrons. The smallest absolute Gasteiger partial charge is 0.282 e. The van der Waals surface area contributed by atoms with E-state index in [1.54, 1.807) is 0 Å². The molecule has 0 heterocycles. The summed E-state index contributed by atoms with van der Waals surface area (Å²) < 4.78 is 0. The average molecular weight is 305 g/mol. The van der Waals surface area contributed by atoms with E-state index < -0.39 is 10.8 Å². The summed E-state index contributed by atoms with van der Waals surface area (Å²) in [5.74, 6) is -0.522. The first-order valence-electron chi connectivity index (χ1n) is 6.25. The third kappa shape index (κ3) is 3.79. The van der Waals surface area contributed by atoms with Crippen LogP contribution in [0.3, 0.4) is 0 Å². The summed E-state index contributed by atoms with van der Waals surface area (Å²) in [6.07, 6.45) is 0. The van der Waals surface area contributed by atoms with Crippen LogP contribution in [0, 0.1) is 17.0 Å². The number of amides is 1. The zero-order chi connectivity index (χ0) is 15.4. The molecule has 6 heteroatoms. The van der Waals surface area contributed by atoms with Crippen LogP contribution in [0.5, 0.6) is 0 Å². The van der Waals surface area contributed by atoms with E-state index in [0.29, 0.717) is 6.54 Å². The molecule has 0 aliphatic carbocycles. The highest BCUT2D eigenvalue weighted by molar-refractivity contribution is 6.31. The number of nitro benzene ring substituents is 1. The van der Waals surface area contributed by atoms with Crippen molar-refractivity contribution in [3.8, 4) is 0 Å². The topological polar surface area (TPSA) is 72.2 Å². The van der Waals surface area contributed by atoms with E-state index >= 15 is 0 Å². The number of rotatable bonds is 4. The van der Waals surface area contributed by atoms with Gasteiger partial charge in [0.05, 0.1) is 4.92 Å². The molecule has 21 heavy (non-hydrogen) atoms. The lowest BCUT2D eigenvalue weighted by Gasteiger charge is -2.07. The van der Waals surface area contributed by atoms with Crippen LogP contribution in [-0.2, 0) is 6.54 Å². The fourth-order valence-electron chi connectivity index (χ4n) is 1.95. The number of nitrogens with one attached hydrogen (secondary N) is 1. The summed E-state index contributed by atoms with van der Waals surface area (Å²) in [6, 6.07) is 11.6. The zero-order valence-corrected chi connectivity index (χ0v) is 12.1. The molecule has 2 rings (SSSR count). The lowest BCUT2D eigenvalue weighted by atomic mass is 10.1. The van der Waals surface area contributed by atoms with Crippen LogP contribution in [0.4, 0.5) is 5.69 Å². The normalized spacial score (nSPS) is 10.2. The molecule has 0 aromatic heterocycles. The van der Waals surface area contributed by atoms with E-state index in [1.807, 2.05) is 31.2 Å². The van der Waals surface area contributed by atoms with Crippen LogP contribution in [0.25, 0.3) is 0 Å². The van der Waals surface area contributed by atoms with E-state index in [9.17, 15) is 14.9 Å². The summed E-state index contributed by atoms with van der Waals surface area (Å²) in [4.78, 5) is 22.4. The van der Waals surface area contributed by atoms with E-state index in [1.165, 1.54) is 18.2 Å². The molecule has 0 bridgehead atoms. The molecule has 0 fully saturated rings. The van der Waals surface area contributed by atoms with E-state index in [4.69, 9.17) is 11.6 Å². The maximum absolute atomic E-state index is 12.1. The van der Waals surface area contributed by atoms with Crippen LogP contribution < -0.4 is 5.32 Å². The van der Waals surface area contributed by atoms with E-state index in [-0.39, 0.29) is 16.3 Å². The highest BCUT2D eigenvalue weighted by Crippen LogP contribution is 2.22. The largest absolute Gasteiger partial charge is 0.348 e. The first-order chi connectivity index (χ1) is 9.97. The maximum Gasteiger partial charge on any atom is 0.282 e. The second kappa shape index (κ2) is 6.37. The third-order valence-electron chi connectivity index (χ3n) is 2.94. The zero-order valence-electron chi connectivity index (χ0n) is 11.3. The van der Waals surface area contributed by atoms with E-state index in [2.05, 4.69) is 5.32 Å². The Kier molecular flexibility index (Phi) is 4.55. The van der Waals surface area contributed by atoms with Crippen molar-refractivity contribution in [2.45, 2.75) is 13.5 Å². The van der Waals surface area contributed by atoms with Crippen molar-refractivity contribution < 1.29 is 9.72 Å². The van der Waals surface area contributed by atoms with Crippen molar-refractivity contribution in [2.75, 3.05) is 0 Å². The molecule has 1 N–H and O–H groups in total. The van der Waals surface area contributed by atoms with Gasteiger partial charge in [-0.2, -0.15) is 0 Å². The Morgan fingerprint density at radius 2 is 2.05 bits per heavy atom. The lowest BCUT2D eigenvalue weighted by molar-refractivity contribution is -0.385. The average Bonchev–Trinajstić information content (AvgIpc) is 2.44.